The van der Waals surface area contributed by atoms with E-state index in [-0.39, 0.29) is 0 Å². The Labute approximate surface area is 568 Å². The molecule has 0 bridgehead atoms. The zero-order valence-corrected chi connectivity index (χ0v) is 55.5. The summed E-state index contributed by atoms with van der Waals surface area (Å²) in [6, 6.07) is -8.83. The number of carbonyl (C=O) groups is 3. The Balaban J connectivity index is 1.42. The first-order chi connectivity index (χ1) is 46.2. The van der Waals surface area contributed by atoms with Crippen LogP contribution >= 0.6 is 0 Å². The maximum atomic E-state index is 13.2. The van der Waals surface area contributed by atoms with E-state index >= 15 is 0 Å². The molecule has 66 heteroatoms. The quantitative estimate of drug-likeness (QED) is 0.0278. The number of hydrogen-bond donors (Lipinski definition) is 23. The molecule has 0 aromatic rings. The van der Waals surface area contributed by atoms with Gasteiger partial charge in [-0.15, -0.1) is 0 Å². The summed E-state index contributed by atoms with van der Waals surface area (Å²) in [4.78, 5) is 38.2. The summed E-state index contributed by atoms with van der Waals surface area (Å²) in [7, 11) is -47.7. The van der Waals surface area contributed by atoms with Crippen LogP contribution in [0, 0.1) is 0 Å². The molecule has 23 N–H and O–H groups in total. The molecule has 6 fully saturated rings. The van der Waals surface area contributed by atoms with Crippen molar-refractivity contribution in [1.29, 1.82) is 0 Å². The zero-order chi connectivity index (χ0) is 77.6. The van der Waals surface area contributed by atoms with Crippen LogP contribution < -0.4 is 14.2 Å². The van der Waals surface area contributed by atoms with E-state index in [0.717, 1.165) is 4.72 Å². The van der Waals surface area contributed by atoms with Gasteiger partial charge in [0.2, 0.25) is 0 Å². The second-order valence-electron chi connectivity index (χ2n) is 21.3. The van der Waals surface area contributed by atoms with Crippen molar-refractivity contribution >= 4 is 101 Å². The third kappa shape index (κ3) is 24.0. The highest BCUT2D eigenvalue weighted by Gasteiger charge is 2.62. The van der Waals surface area contributed by atoms with E-state index < -0.39 is 305 Å². The predicted octanol–water partition coefficient (Wildman–Crippen LogP) is -16.5. The van der Waals surface area contributed by atoms with Gasteiger partial charge in [-0.05, 0) is 0 Å². The highest BCUT2D eigenvalue weighted by molar-refractivity contribution is 7.84. The van der Waals surface area contributed by atoms with Crippen LogP contribution in [0.25, 0.3) is 0 Å². The SMILES string of the molecule is O=C(O)[C@H]1O[C@@H](O)[C@H](O)[C@@H](O)[C@@H]1O[C@H]1O[C@H](COS(=O)(=O)O)[C@@H](O[C@@H]2O[C@@H](C(=O)O)[C@@H](O[C@H]3O[C@H](COS(=O)(=O)O)[C@@H](O[C@@H]4O[C@H](C(=O)O)[C@@H](O[C@H]5O[C@H](COS(=O)(=O)O)[C@@H](O)[C@H](O)[C@H]5NS(=O)(=O)O)[C@H](O)[C@H]4O)[C@H](OS(=O)(=O)O)[C@H]3NS(=O)(=O)O)[C@H](O)[C@H]2OS(=O)(=O)O)[C@H](O)[C@H]1NS(=O)(=O)O. The van der Waals surface area contributed by atoms with Gasteiger partial charge in [-0.3, -0.25) is 36.4 Å². The summed E-state index contributed by atoms with van der Waals surface area (Å²) in [6.45, 7) is -5.45. The Bertz CT molecular complexity index is 3910. The molecule has 30 atom stereocenters. The number of carboxylic acids is 3. The number of aliphatic hydroxyl groups is 9. The van der Waals surface area contributed by atoms with Crippen molar-refractivity contribution in [1.82, 2.24) is 14.2 Å². The molecule has 0 spiro atoms. The number of ether oxygens (including phenoxy) is 11. The van der Waals surface area contributed by atoms with Crippen LogP contribution in [0.4, 0.5) is 0 Å². The van der Waals surface area contributed by atoms with Crippen molar-refractivity contribution in [2.45, 2.75) is 184 Å². The standard InChI is InChI=1S/C36H59N3O55S8/c40-10-4(1-79-98(64,65)66)82-32(7(11(10)41)37-95(55,56)57)89-22-14(44)16(46)35(91-26(22)29(50)51)87-19-6(3-81-100(70,71)72)84-34(9(39-97(61,62)63)20(19)93-101(73,74)75)90-23-17(47)24(94-102(76,77)78)36(92-27(23)30(52)53)86-18-5(2-80-99(67,68)69)83-33(8(12(18)42)38-96(58,59)60)88-21-13(43)15(45)31(54)85-25(21)28(48)49/h4-27,31-47,54H,1-3H2,(H,48,49)(H,50,51)(H,52,53)(H,55,56,57)(H,58,59,60)(H,61,62,63)(H,64,65,66)(H,67,68,69)(H,70,71,72)(H,73,74,75)(H,76,77,78)/t4-,5-,6-,7-,8-,9-,10-,11-,12-,13-,14-,15-,16-,17+,18-,19-,20-,21+,22+,23+,24-,25+,26+,27-,31-,32-,33-,34-,35-,36-/m1/s1. The van der Waals surface area contributed by atoms with Crippen LogP contribution in [-0.4, -0.2) is 387 Å². The number of nitrogens with one attached hydrogen (secondary N) is 3. The number of rotatable bonds is 32. The van der Waals surface area contributed by atoms with Crippen LogP contribution in [0.15, 0.2) is 0 Å². The molecule has 0 unspecified atom stereocenters. The van der Waals surface area contributed by atoms with Crippen LogP contribution in [0.5, 0.6) is 0 Å². The Hall–Kier alpha value is -3.43. The van der Waals surface area contributed by atoms with Gasteiger partial charge >= 0.3 is 101 Å². The minimum atomic E-state index is -6.43. The lowest BCUT2D eigenvalue weighted by Gasteiger charge is -2.50. The third-order valence-corrected chi connectivity index (χ3v) is 18.2. The Kier molecular flexibility index (Phi) is 28.5. The van der Waals surface area contributed by atoms with E-state index in [4.69, 9.17) is 51.9 Å². The van der Waals surface area contributed by atoms with Crippen LogP contribution in [0.2, 0.25) is 0 Å². The van der Waals surface area contributed by atoms with Crippen LogP contribution in [0.1, 0.15) is 0 Å². The maximum absolute atomic E-state index is 13.2. The minimum absolute atomic E-state index is 1.07. The molecular formula is C36H59N3O55S8. The zero-order valence-electron chi connectivity index (χ0n) is 48.9. The van der Waals surface area contributed by atoms with Gasteiger partial charge < -0.3 is 113 Å². The number of carboxylic acid groups (broad SMARTS) is 3. The van der Waals surface area contributed by atoms with Crippen LogP contribution in [0.3, 0.4) is 0 Å². The molecule has 6 heterocycles. The molecule has 0 aromatic carbocycles. The largest absolute Gasteiger partial charge is 0.479 e. The Morgan fingerprint density at radius 3 is 1.03 bits per heavy atom. The number of aliphatic carboxylic acids is 3. The van der Waals surface area contributed by atoms with Gasteiger partial charge in [0.15, 0.2) is 62.2 Å². The van der Waals surface area contributed by atoms with Crippen molar-refractivity contribution in [2.75, 3.05) is 19.8 Å². The third-order valence-electron chi connectivity index (χ3n) is 14.3. The van der Waals surface area contributed by atoms with E-state index in [2.05, 4.69) is 25.7 Å². The molecule has 6 aliphatic rings. The van der Waals surface area contributed by atoms with Crippen molar-refractivity contribution in [3.05, 3.63) is 0 Å². The molecule has 6 saturated heterocycles. The smallest absolute Gasteiger partial charge is 0.397 e. The predicted molar refractivity (Wildman–Crippen MR) is 290 cm³/mol. The van der Waals surface area contributed by atoms with Gasteiger partial charge in [-0.2, -0.15) is 81.5 Å². The fraction of sp³-hybridized carbons (Fsp3) is 0.917. The van der Waals surface area contributed by atoms with Gasteiger partial charge in [0.25, 0.3) is 0 Å². The van der Waals surface area contributed by atoms with Gasteiger partial charge in [0.1, 0.15) is 122 Å². The van der Waals surface area contributed by atoms with E-state index in [1.54, 1.807) is 0 Å². The van der Waals surface area contributed by atoms with Crippen molar-refractivity contribution < 1.29 is 252 Å². The first kappa shape index (κ1) is 87.5. The monoisotopic (exact) mass is 1670 g/mol. The normalized spacial score (nSPS) is 40.3. The van der Waals surface area contributed by atoms with E-state index in [9.17, 15) is 175 Å². The van der Waals surface area contributed by atoms with Crippen LogP contribution in [-0.2, 0) is 170 Å². The molecule has 102 heavy (non-hydrogen) atoms. The van der Waals surface area contributed by atoms with E-state index in [1.165, 1.54) is 9.44 Å². The van der Waals surface area contributed by atoms with Gasteiger partial charge in [0.05, 0.1) is 19.8 Å². The summed E-state index contributed by atoms with van der Waals surface area (Å²) < 4.78 is 355. The highest BCUT2D eigenvalue weighted by atomic mass is 32.3. The summed E-state index contributed by atoms with van der Waals surface area (Å²) >= 11 is 0. The summed E-state index contributed by atoms with van der Waals surface area (Å²) in [5, 5.41) is 129. The summed E-state index contributed by atoms with van der Waals surface area (Å²) in [5.74, 6) is -7.23. The number of hydrogen-bond acceptors (Lipinski definition) is 44. The fourth-order valence-electron chi connectivity index (χ4n) is 10.3. The molecule has 58 nitrogen and oxygen atoms in total. The topological polar surface area (TPSA) is 913 Å². The molecule has 0 radical (unpaired) electrons. The van der Waals surface area contributed by atoms with Crippen molar-refractivity contribution in [3.8, 4) is 0 Å². The Morgan fingerprint density at radius 1 is 0.294 bits per heavy atom. The number of aliphatic hydroxyl groups excluding tert-OH is 9. The molecule has 0 amide bonds. The van der Waals surface area contributed by atoms with E-state index in [0.29, 0.717) is 0 Å². The lowest BCUT2D eigenvalue weighted by Crippen LogP contribution is -2.71. The molecular weight excluding hydrogens is 1610 g/mol. The highest BCUT2D eigenvalue weighted by Crippen LogP contribution is 2.40. The van der Waals surface area contributed by atoms with E-state index in [1.807, 2.05) is 0 Å². The second-order valence-corrected chi connectivity index (χ2v) is 30.3. The summed E-state index contributed by atoms with van der Waals surface area (Å²) in [6.07, 6.45) is -80.0. The van der Waals surface area contributed by atoms with Gasteiger partial charge in [-0.1, -0.05) is 0 Å². The maximum Gasteiger partial charge on any atom is 0.397 e. The molecule has 0 aromatic heterocycles. The lowest BCUT2D eigenvalue weighted by molar-refractivity contribution is -0.375. The minimum Gasteiger partial charge on any atom is -0.479 e. The fourth-order valence-corrected chi connectivity index (χ4v) is 13.9. The van der Waals surface area contributed by atoms with Crippen molar-refractivity contribution in [3.63, 3.8) is 0 Å². The molecule has 0 aliphatic carbocycles. The summed E-state index contributed by atoms with van der Waals surface area (Å²) in [5.41, 5.74) is 0. The molecule has 6 rings (SSSR count). The first-order valence-electron chi connectivity index (χ1n) is 26.7. The lowest BCUT2D eigenvalue weighted by atomic mass is 9.94. The average molecular weight is 1670 g/mol. The Morgan fingerprint density at radius 2 is 0.618 bits per heavy atom. The second kappa shape index (κ2) is 33.2. The van der Waals surface area contributed by atoms with Crippen molar-refractivity contribution in [2.24, 2.45) is 0 Å². The first-order valence-corrected chi connectivity index (χ1v) is 37.8. The van der Waals surface area contributed by atoms with Gasteiger partial charge in [0, 0.05) is 0 Å². The molecule has 0 saturated carbocycles. The van der Waals surface area contributed by atoms with Gasteiger partial charge in [-0.25, -0.2) is 35.3 Å². The molecule has 596 valence electrons. The molecule has 6 aliphatic heterocycles. The average Bonchev–Trinajstić information content (AvgIpc) is 0.761.